The van der Waals surface area contributed by atoms with E-state index in [9.17, 15) is 8.42 Å². The van der Waals surface area contributed by atoms with E-state index < -0.39 is 10.0 Å². The largest absolute Gasteiger partial charge is 0.491 e. The van der Waals surface area contributed by atoms with Crippen LogP contribution in [0.5, 0.6) is 5.75 Å². The third kappa shape index (κ3) is 3.94. The Kier molecular flexibility index (Phi) is 6.45. The molecule has 0 atom stereocenters. The average Bonchev–Trinajstić information content (AvgIpc) is 2.46. The summed E-state index contributed by atoms with van der Waals surface area (Å²) in [5.41, 5.74) is 0. The second-order valence-corrected chi connectivity index (χ2v) is 6.53. The molecule has 0 aromatic heterocycles. The monoisotopic (exact) mass is 301 g/mol. The van der Waals surface area contributed by atoms with Gasteiger partial charge in [0.2, 0.25) is 10.0 Å². The van der Waals surface area contributed by atoms with Crippen LogP contribution in [0.1, 0.15) is 26.7 Å². The number of hydrogen-bond donors (Lipinski definition) is 1. The first-order chi connectivity index (χ1) is 9.47. The molecular weight excluding hydrogens is 278 g/mol. The molecule has 114 valence electrons. The molecule has 5 nitrogen and oxygen atoms in total. The highest BCUT2D eigenvalue weighted by atomic mass is 32.2. The standard InChI is InChI=1S/C14H23NO4S/c1-4-12(5-2)15(3)20(17,18)14-8-6-13(7-9-14)19-11-10-16/h6-9,12,16H,4-5,10-11H2,1-3H3. The van der Waals surface area contributed by atoms with E-state index in [0.717, 1.165) is 12.8 Å². The minimum atomic E-state index is -3.47. The molecule has 0 amide bonds. The molecule has 0 unspecified atom stereocenters. The molecular formula is C14H23NO4S. The Labute approximate surface area is 121 Å². The minimum absolute atomic E-state index is 0.00492. The Bertz CT molecular complexity index is 494. The molecule has 1 N–H and O–H groups in total. The summed E-state index contributed by atoms with van der Waals surface area (Å²) in [6.07, 6.45) is 1.56. The van der Waals surface area contributed by atoms with Crippen molar-refractivity contribution in [2.24, 2.45) is 0 Å². The molecule has 0 heterocycles. The second kappa shape index (κ2) is 7.61. The summed E-state index contributed by atoms with van der Waals surface area (Å²) in [6, 6.07) is 6.26. The maximum Gasteiger partial charge on any atom is 0.243 e. The third-order valence-electron chi connectivity index (χ3n) is 3.32. The molecule has 6 heteroatoms. The van der Waals surface area contributed by atoms with E-state index in [2.05, 4.69) is 0 Å². The van der Waals surface area contributed by atoms with Gasteiger partial charge in [-0.05, 0) is 37.1 Å². The van der Waals surface area contributed by atoms with Gasteiger partial charge in [0.25, 0.3) is 0 Å². The average molecular weight is 301 g/mol. The fourth-order valence-electron chi connectivity index (χ4n) is 2.04. The van der Waals surface area contributed by atoms with E-state index in [-0.39, 0.29) is 24.2 Å². The zero-order valence-electron chi connectivity index (χ0n) is 12.2. The van der Waals surface area contributed by atoms with Gasteiger partial charge in [-0.25, -0.2) is 8.42 Å². The second-order valence-electron chi connectivity index (χ2n) is 4.54. The van der Waals surface area contributed by atoms with Crippen molar-refractivity contribution in [3.63, 3.8) is 0 Å². The van der Waals surface area contributed by atoms with Gasteiger partial charge in [-0.2, -0.15) is 4.31 Å². The summed E-state index contributed by atoms with van der Waals surface area (Å²) < 4.78 is 31.6. The minimum Gasteiger partial charge on any atom is -0.491 e. The number of aliphatic hydroxyl groups is 1. The van der Waals surface area contributed by atoms with Crippen LogP contribution < -0.4 is 4.74 Å². The number of nitrogens with zero attached hydrogens (tertiary/aromatic N) is 1. The van der Waals surface area contributed by atoms with Crippen molar-refractivity contribution in [3.05, 3.63) is 24.3 Å². The quantitative estimate of drug-likeness (QED) is 0.796. The zero-order chi connectivity index (χ0) is 15.2. The SMILES string of the molecule is CCC(CC)N(C)S(=O)(=O)c1ccc(OCCO)cc1. The summed E-state index contributed by atoms with van der Waals surface area (Å²) in [5.74, 6) is 0.545. The number of benzene rings is 1. The predicted octanol–water partition coefficient (Wildman–Crippen LogP) is 1.87. The molecule has 0 fully saturated rings. The Morgan fingerprint density at radius 2 is 1.75 bits per heavy atom. The molecule has 1 aromatic rings. The number of aliphatic hydroxyl groups excluding tert-OH is 1. The van der Waals surface area contributed by atoms with Gasteiger partial charge in [-0.1, -0.05) is 13.8 Å². The highest BCUT2D eigenvalue weighted by Crippen LogP contribution is 2.22. The van der Waals surface area contributed by atoms with Gasteiger partial charge in [-0.3, -0.25) is 0 Å². The van der Waals surface area contributed by atoms with Gasteiger partial charge in [-0.15, -0.1) is 0 Å². The van der Waals surface area contributed by atoms with Crippen molar-refractivity contribution >= 4 is 10.0 Å². The molecule has 20 heavy (non-hydrogen) atoms. The molecule has 0 saturated heterocycles. The highest BCUT2D eigenvalue weighted by molar-refractivity contribution is 7.89. The fraction of sp³-hybridized carbons (Fsp3) is 0.571. The number of sulfonamides is 1. The Morgan fingerprint density at radius 3 is 2.20 bits per heavy atom. The van der Waals surface area contributed by atoms with Gasteiger partial charge in [0, 0.05) is 13.1 Å². The first-order valence-corrected chi connectivity index (χ1v) is 8.23. The van der Waals surface area contributed by atoms with Crippen LogP contribution in [0, 0.1) is 0 Å². The van der Waals surface area contributed by atoms with Gasteiger partial charge >= 0.3 is 0 Å². The van der Waals surface area contributed by atoms with Gasteiger partial charge in [0.05, 0.1) is 11.5 Å². The number of hydrogen-bond acceptors (Lipinski definition) is 4. The van der Waals surface area contributed by atoms with Crippen LogP contribution in [-0.2, 0) is 10.0 Å². The van der Waals surface area contributed by atoms with E-state index in [1.165, 1.54) is 16.4 Å². The van der Waals surface area contributed by atoms with E-state index in [1.807, 2.05) is 13.8 Å². The topological polar surface area (TPSA) is 66.8 Å². The normalized spacial score (nSPS) is 12.1. The van der Waals surface area contributed by atoms with E-state index in [4.69, 9.17) is 9.84 Å². The van der Waals surface area contributed by atoms with E-state index in [0.29, 0.717) is 5.75 Å². The van der Waals surface area contributed by atoms with Crippen LogP contribution in [0.15, 0.2) is 29.2 Å². The van der Waals surface area contributed by atoms with Gasteiger partial charge < -0.3 is 9.84 Å². The van der Waals surface area contributed by atoms with Crippen molar-refractivity contribution in [2.75, 3.05) is 20.3 Å². The molecule has 1 rings (SSSR count). The fourth-order valence-corrected chi connectivity index (χ4v) is 3.54. The summed E-state index contributed by atoms with van der Waals surface area (Å²) >= 11 is 0. The van der Waals surface area contributed by atoms with Crippen molar-refractivity contribution in [3.8, 4) is 5.75 Å². The van der Waals surface area contributed by atoms with Crippen molar-refractivity contribution in [1.82, 2.24) is 4.31 Å². The molecule has 0 radical (unpaired) electrons. The predicted molar refractivity (Wildman–Crippen MR) is 78.3 cm³/mol. The van der Waals surface area contributed by atoms with Crippen molar-refractivity contribution in [1.29, 1.82) is 0 Å². The Balaban J connectivity index is 2.92. The van der Waals surface area contributed by atoms with Crippen LogP contribution in [0.4, 0.5) is 0 Å². The molecule has 0 aliphatic rings. The molecule has 0 aliphatic heterocycles. The highest BCUT2D eigenvalue weighted by Gasteiger charge is 2.25. The third-order valence-corrected chi connectivity index (χ3v) is 5.24. The lowest BCUT2D eigenvalue weighted by Gasteiger charge is -2.25. The summed E-state index contributed by atoms with van der Waals surface area (Å²) in [5, 5.41) is 8.67. The van der Waals surface area contributed by atoms with Crippen LogP contribution in [0.2, 0.25) is 0 Å². The van der Waals surface area contributed by atoms with Crippen LogP contribution in [0.25, 0.3) is 0 Å². The van der Waals surface area contributed by atoms with Gasteiger partial charge in [0.1, 0.15) is 12.4 Å². The van der Waals surface area contributed by atoms with Crippen molar-refractivity contribution < 1.29 is 18.3 Å². The van der Waals surface area contributed by atoms with Crippen LogP contribution in [-0.4, -0.2) is 44.1 Å². The summed E-state index contributed by atoms with van der Waals surface area (Å²) in [4.78, 5) is 0.253. The lowest BCUT2D eigenvalue weighted by Crippen LogP contribution is -2.36. The summed E-state index contributed by atoms with van der Waals surface area (Å²) in [6.45, 7) is 4.08. The number of rotatable bonds is 8. The summed E-state index contributed by atoms with van der Waals surface area (Å²) in [7, 11) is -1.86. The van der Waals surface area contributed by atoms with Crippen LogP contribution in [0.3, 0.4) is 0 Å². The molecule has 0 aliphatic carbocycles. The smallest absolute Gasteiger partial charge is 0.243 e. The number of ether oxygens (including phenoxy) is 1. The Morgan fingerprint density at radius 1 is 1.20 bits per heavy atom. The molecule has 1 aromatic carbocycles. The lowest BCUT2D eigenvalue weighted by molar-refractivity contribution is 0.201. The van der Waals surface area contributed by atoms with E-state index in [1.54, 1.807) is 19.2 Å². The molecule has 0 bridgehead atoms. The van der Waals surface area contributed by atoms with Crippen molar-refractivity contribution in [2.45, 2.75) is 37.6 Å². The molecule has 0 spiro atoms. The molecule has 0 saturated carbocycles. The van der Waals surface area contributed by atoms with Gasteiger partial charge in [0.15, 0.2) is 0 Å². The van der Waals surface area contributed by atoms with E-state index >= 15 is 0 Å². The Hall–Kier alpha value is -1.11. The lowest BCUT2D eigenvalue weighted by atomic mass is 10.2. The first-order valence-electron chi connectivity index (χ1n) is 6.79. The first kappa shape index (κ1) is 16.9. The zero-order valence-corrected chi connectivity index (χ0v) is 13.1. The maximum atomic E-state index is 12.5. The van der Waals surface area contributed by atoms with Crippen LogP contribution >= 0.6 is 0 Å². The maximum absolute atomic E-state index is 12.5.